The molecule has 0 amide bonds. The zero-order valence-corrected chi connectivity index (χ0v) is 17.1. The number of aryl methyl sites for hydroxylation is 2. The summed E-state index contributed by atoms with van der Waals surface area (Å²) in [5.41, 5.74) is 11.8. The van der Waals surface area contributed by atoms with Crippen LogP contribution in [0.25, 0.3) is 0 Å². The molecule has 1 aromatic heterocycles. The van der Waals surface area contributed by atoms with Crippen LogP contribution in [0.4, 0.5) is 0 Å². The lowest BCUT2D eigenvalue weighted by Gasteiger charge is -2.14. The summed E-state index contributed by atoms with van der Waals surface area (Å²) in [4.78, 5) is 21.6. The largest absolute Gasteiger partial charge is 0.480 e. The summed E-state index contributed by atoms with van der Waals surface area (Å²) in [6.07, 6.45) is 4.93. The van der Waals surface area contributed by atoms with Gasteiger partial charge in [-0.25, -0.2) is 9.13 Å². The van der Waals surface area contributed by atoms with Gasteiger partial charge in [0.2, 0.25) is 6.33 Å². The molecule has 172 valence electrons. The summed E-state index contributed by atoms with van der Waals surface area (Å²) < 4.78 is 3.84. The molecule has 2 unspecified atom stereocenters. The number of aliphatic carboxylic acids is 2. The van der Waals surface area contributed by atoms with Crippen LogP contribution in [0, 0.1) is 0 Å². The SMILES string of the molecule is N[C@H](CCCCn1c[n+](CCCC[C@H](N)C(=O)O)cc1CC(O)C(O)CO)C(=O)O. The van der Waals surface area contributed by atoms with Crippen LogP contribution in [0.2, 0.25) is 0 Å². The van der Waals surface area contributed by atoms with Crippen LogP contribution in [0.1, 0.15) is 44.2 Å². The Balaban J connectivity index is 2.67. The third-order valence-electron chi connectivity index (χ3n) is 5.00. The highest BCUT2D eigenvalue weighted by molar-refractivity contribution is 5.73. The number of unbranched alkanes of at least 4 members (excludes halogenated alkanes) is 2. The van der Waals surface area contributed by atoms with Gasteiger partial charge in [-0.2, -0.15) is 0 Å². The Kier molecular flexibility index (Phi) is 11.5. The van der Waals surface area contributed by atoms with Gasteiger partial charge in [0.15, 0.2) is 0 Å². The van der Waals surface area contributed by atoms with Gasteiger partial charge in [-0.3, -0.25) is 9.59 Å². The first-order chi connectivity index (χ1) is 14.1. The Morgan fingerprint density at radius 3 is 2.07 bits per heavy atom. The molecule has 0 saturated carbocycles. The first-order valence-electron chi connectivity index (χ1n) is 10.2. The maximum Gasteiger partial charge on any atom is 0.320 e. The van der Waals surface area contributed by atoms with Gasteiger partial charge in [0.05, 0.1) is 25.8 Å². The van der Waals surface area contributed by atoms with E-state index in [9.17, 15) is 19.8 Å². The highest BCUT2D eigenvalue weighted by atomic mass is 16.4. The Hall–Kier alpha value is -2.05. The number of nitrogens with zero attached hydrogens (tertiary/aromatic N) is 2. The molecular weight excluding hydrogens is 396 g/mol. The highest BCUT2D eigenvalue weighted by Gasteiger charge is 2.22. The van der Waals surface area contributed by atoms with E-state index in [4.69, 9.17) is 26.8 Å². The number of carbonyl (C=O) groups is 2. The molecule has 0 bridgehead atoms. The zero-order valence-electron chi connectivity index (χ0n) is 17.1. The summed E-state index contributed by atoms with van der Waals surface area (Å²) in [6.45, 7) is 0.675. The lowest BCUT2D eigenvalue weighted by atomic mass is 10.1. The number of hydrogen-bond acceptors (Lipinski definition) is 7. The van der Waals surface area contributed by atoms with E-state index in [0.29, 0.717) is 45.2 Å². The number of carboxylic acid groups (broad SMARTS) is 2. The molecule has 1 aromatic rings. The second-order valence-electron chi connectivity index (χ2n) is 7.57. The summed E-state index contributed by atoms with van der Waals surface area (Å²) in [5.74, 6) is -2.05. The van der Waals surface area contributed by atoms with Crippen molar-refractivity contribution < 1.29 is 39.7 Å². The smallest absolute Gasteiger partial charge is 0.320 e. The molecule has 1 rings (SSSR count). The molecule has 0 aliphatic rings. The van der Waals surface area contributed by atoms with Crippen LogP contribution >= 0.6 is 0 Å². The molecule has 0 radical (unpaired) electrons. The Morgan fingerprint density at radius 2 is 1.53 bits per heavy atom. The number of aromatic nitrogens is 2. The number of rotatable bonds is 16. The van der Waals surface area contributed by atoms with Gasteiger partial charge in [-0.15, -0.1) is 0 Å². The predicted molar refractivity (Wildman–Crippen MR) is 106 cm³/mol. The van der Waals surface area contributed by atoms with E-state index in [1.54, 1.807) is 0 Å². The van der Waals surface area contributed by atoms with Gasteiger partial charge < -0.3 is 37.0 Å². The van der Waals surface area contributed by atoms with Crippen LogP contribution in [-0.2, 0) is 29.1 Å². The first kappa shape index (κ1) is 26.0. The van der Waals surface area contributed by atoms with Crippen molar-refractivity contribution >= 4 is 11.9 Å². The van der Waals surface area contributed by atoms with Crippen LogP contribution in [-0.4, -0.2) is 72.9 Å². The van der Waals surface area contributed by atoms with Crippen LogP contribution in [0.3, 0.4) is 0 Å². The van der Waals surface area contributed by atoms with E-state index in [-0.39, 0.29) is 6.42 Å². The Bertz CT molecular complexity index is 667. The Labute approximate surface area is 175 Å². The average Bonchev–Trinajstić information content (AvgIpc) is 3.08. The second-order valence-corrected chi connectivity index (χ2v) is 7.57. The van der Waals surface area contributed by atoms with Crippen molar-refractivity contribution in [2.45, 2.75) is 82.3 Å². The van der Waals surface area contributed by atoms with E-state index < -0.39 is 42.8 Å². The van der Waals surface area contributed by atoms with Crippen LogP contribution in [0.5, 0.6) is 0 Å². The van der Waals surface area contributed by atoms with Crippen LogP contribution < -0.4 is 16.0 Å². The summed E-state index contributed by atoms with van der Waals surface area (Å²) in [6, 6.07) is -1.76. The van der Waals surface area contributed by atoms with Crippen molar-refractivity contribution in [3.8, 4) is 0 Å². The molecule has 0 aliphatic heterocycles. The summed E-state index contributed by atoms with van der Waals surface area (Å²) >= 11 is 0. The minimum absolute atomic E-state index is 0.146. The predicted octanol–water partition coefficient (Wildman–Crippen LogP) is -1.80. The number of nitrogens with two attached hydrogens (primary N) is 2. The fourth-order valence-electron chi connectivity index (χ4n) is 3.07. The van der Waals surface area contributed by atoms with Crippen molar-refractivity contribution in [3.05, 3.63) is 18.2 Å². The fraction of sp³-hybridized carbons (Fsp3) is 0.737. The molecule has 0 aromatic carbocycles. The molecule has 30 heavy (non-hydrogen) atoms. The van der Waals surface area contributed by atoms with E-state index in [2.05, 4.69) is 0 Å². The molecule has 4 atom stereocenters. The van der Waals surface area contributed by atoms with E-state index in [0.717, 1.165) is 12.1 Å². The van der Waals surface area contributed by atoms with Crippen molar-refractivity contribution in [1.29, 1.82) is 0 Å². The van der Waals surface area contributed by atoms with Gasteiger partial charge in [0.25, 0.3) is 0 Å². The molecule has 1 heterocycles. The van der Waals surface area contributed by atoms with E-state index >= 15 is 0 Å². The molecule has 0 aliphatic carbocycles. The highest BCUT2D eigenvalue weighted by Crippen LogP contribution is 2.10. The topological polar surface area (TPSA) is 196 Å². The molecular formula is C19H35N4O7+. The van der Waals surface area contributed by atoms with Crippen LogP contribution in [0.15, 0.2) is 12.5 Å². The zero-order chi connectivity index (χ0) is 22.7. The molecule has 0 fully saturated rings. The standard InChI is InChI=1S/C19H34N4O7/c20-14(18(27)28)5-1-3-7-22-10-13(9-16(25)17(26)11-24)23(12-22)8-4-2-6-15(21)19(29)30/h10,12,14-17,24-26H,1-9,11,20-21H2,(H-,27,28,29,30)/p+1/t14-,15+,16?,17?/m0/s1. The van der Waals surface area contributed by atoms with Gasteiger partial charge in [0, 0.05) is 6.42 Å². The third-order valence-corrected chi connectivity index (χ3v) is 5.00. The van der Waals surface area contributed by atoms with E-state index in [1.165, 1.54) is 0 Å². The molecule has 0 spiro atoms. The Morgan fingerprint density at radius 1 is 0.967 bits per heavy atom. The molecule has 11 heteroatoms. The maximum absolute atomic E-state index is 10.8. The molecule has 9 N–H and O–H groups in total. The van der Waals surface area contributed by atoms with Crippen molar-refractivity contribution in [1.82, 2.24) is 4.57 Å². The second kappa shape index (κ2) is 13.3. The number of imidazole rings is 1. The minimum Gasteiger partial charge on any atom is -0.480 e. The number of hydrogen-bond donors (Lipinski definition) is 7. The first-order valence-corrected chi connectivity index (χ1v) is 10.2. The number of carboxylic acids is 2. The monoisotopic (exact) mass is 431 g/mol. The lowest BCUT2D eigenvalue weighted by Crippen LogP contribution is -2.33. The van der Waals surface area contributed by atoms with E-state index in [1.807, 2.05) is 21.7 Å². The summed E-state index contributed by atoms with van der Waals surface area (Å²) in [7, 11) is 0. The number of aliphatic hydroxyl groups is 3. The summed E-state index contributed by atoms with van der Waals surface area (Å²) in [5, 5.41) is 46.4. The average molecular weight is 432 g/mol. The maximum atomic E-state index is 10.8. The minimum atomic E-state index is -1.24. The van der Waals surface area contributed by atoms with Gasteiger partial charge >= 0.3 is 11.9 Å². The number of aliphatic hydroxyl groups excluding tert-OH is 3. The van der Waals surface area contributed by atoms with Crippen molar-refractivity contribution in [2.75, 3.05) is 6.61 Å². The fourth-order valence-corrected chi connectivity index (χ4v) is 3.07. The quantitative estimate of drug-likeness (QED) is 0.117. The lowest BCUT2D eigenvalue weighted by molar-refractivity contribution is -0.697. The van der Waals surface area contributed by atoms with Gasteiger partial charge in [-0.1, -0.05) is 0 Å². The normalized spacial score (nSPS) is 15.5. The van der Waals surface area contributed by atoms with Gasteiger partial charge in [-0.05, 0) is 38.5 Å². The van der Waals surface area contributed by atoms with Crippen molar-refractivity contribution in [3.63, 3.8) is 0 Å². The van der Waals surface area contributed by atoms with Gasteiger partial charge in [0.1, 0.15) is 30.1 Å². The molecule has 11 nitrogen and oxygen atoms in total. The van der Waals surface area contributed by atoms with Crippen molar-refractivity contribution in [2.24, 2.45) is 11.5 Å². The third kappa shape index (κ3) is 9.18. The molecule has 0 saturated heterocycles.